The van der Waals surface area contributed by atoms with Gasteiger partial charge in [0.15, 0.2) is 0 Å². The zero-order valence-corrected chi connectivity index (χ0v) is 13.9. The van der Waals surface area contributed by atoms with Crippen LogP contribution in [0.1, 0.15) is 30.4 Å². The molecule has 6 heteroatoms. The Morgan fingerprint density at radius 2 is 1.88 bits per heavy atom. The average molecular weight is 342 g/mol. The molecule has 1 unspecified atom stereocenters. The molecule has 0 saturated carbocycles. The minimum Gasteiger partial charge on any atom is -0.379 e. The first kappa shape index (κ1) is 17.7. The first-order valence-electron chi connectivity index (χ1n) is 8.73. The highest BCUT2D eigenvalue weighted by atomic mass is 19.4. The average Bonchev–Trinajstić information content (AvgIpc) is 2.57. The summed E-state index contributed by atoms with van der Waals surface area (Å²) in [4.78, 5) is 4.77. The van der Waals surface area contributed by atoms with Gasteiger partial charge in [0.05, 0.1) is 18.8 Å². The second-order valence-electron chi connectivity index (χ2n) is 6.73. The summed E-state index contributed by atoms with van der Waals surface area (Å²) in [5.74, 6) is 0. The minimum absolute atomic E-state index is 0.423. The Balaban J connectivity index is 1.65. The Bertz CT molecular complexity index is 529. The molecule has 134 valence electrons. The maximum atomic E-state index is 12.9. The topological polar surface area (TPSA) is 15.7 Å². The van der Waals surface area contributed by atoms with E-state index >= 15 is 0 Å². The van der Waals surface area contributed by atoms with Crippen molar-refractivity contribution in [3.05, 3.63) is 35.4 Å². The molecule has 0 N–H and O–H groups in total. The maximum Gasteiger partial charge on any atom is 0.416 e. The lowest BCUT2D eigenvalue weighted by atomic mass is 10.00. The molecule has 2 aliphatic rings. The first-order chi connectivity index (χ1) is 11.5. The van der Waals surface area contributed by atoms with E-state index in [0.29, 0.717) is 12.6 Å². The number of hydrogen-bond donors (Lipinski definition) is 0. The lowest BCUT2D eigenvalue weighted by Crippen LogP contribution is -2.49. The van der Waals surface area contributed by atoms with E-state index in [1.54, 1.807) is 6.07 Å². The summed E-state index contributed by atoms with van der Waals surface area (Å²) in [5.41, 5.74) is 0.195. The number of ether oxygens (including phenoxy) is 1. The van der Waals surface area contributed by atoms with Gasteiger partial charge in [0.2, 0.25) is 0 Å². The third kappa shape index (κ3) is 4.71. The number of piperidine rings is 1. The number of rotatable bonds is 4. The van der Waals surface area contributed by atoms with E-state index in [-0.39, 0.29) is 0 Å². The lowest BCUT2D eigenvalue weighted by molar-refractivity contribution is -0.137. The summed E-state index contributed by atoms with van der Waals surface area (Å²) in [6, 6.07) is 6.17. The van der Waals surface area contributed by atoms with Gasteiger partial charge in [-0.3, -0.25) is 9.80 Å². The van der Waals surface area contributed by atoms with Gasteiger partial charge in [-0.1, -0.05) is 24.6 Å². The van der Waals surface area contributed by atoms with Crippen molar-refractivity contribution in [1.82, 2.24) is 9.80 Å². The molecule has 1 atom stereocenters. The number of nitrogens with zero attached hydrogens (tertiary/aromatic N) is 2. The van der Waals surface area contributed by atoms with E-state index in [4.69, 9.17) is 4.74 Å². The highest BCUT2D eigenvalue weighted by Crippen LogP contribution is 2.30. The molecule has 3 rings (SSSR count). The number of morpholine rings is 1. The first-order valence-corrected chi connectivity index (χ1v) is 8.73. The summed E-state index contributed by atoms with van der Waals surface area (Å²) >= 11 is 0. The van der Waals surface area contributed by atoms with Crippen molar-refractivity contribution in [3.8, 4) is 0 Å². The molecule has 2 fully saturated rings. The number of benzene rings is 1. The maximum absolute atomic E-state index is 12.9. The highest BCUT2D eigenvalue weighted by Gasteiger charge is 2.31. The molecule has 0 bridgehead atoms. The van der Waals surface area contributed by atoms with Crippen molar-refractivity contribution in [1.29, 1.82) is 0 Å². The van der Waals surface area contributed by atoms with Crippen LogP contribution in [0.3, 0.4) is 0 Å². The van der Waals surface area contributed by atoms with Crippen LogP contribution in [0.2, 0.25) is 0 Å². The summed E-state index contributed by atoms with van der Waals surface area (Å²) < 4.78 is 44.1. The van der Waals surface area contributed by atoms with E-state index in [2.05, 4.69) is 9.80 Å². The van der Waals surface area contributed by atoms with Gasteiger partial charge in [0.25, 0.3) is 0 Å². The van der Waals surface area contributed by atoms with Gasteiger partial charge in [-0.15, -0.1) is 0 Å². The predicted molar refractivity (Wildman–Crippen MR) is 86.8 cm³/mol. The van der Waals surface area contributed by atoms with Gasteiger partial charge in [0.1, 0.15) is 0 Å². The zero-order chi connectivity index (χ0) is 17.0. The fourth-order valence-electron chi connectivity index (χ4n) is 3.64. The van der Waals surface area contributed by atoms with E-state index in [1.165, 1.54) is 18.6 Å². The minimum atomic E-state index is -4.27. The molecule has 2 heterocycles. The van der Waals surface area contributed by atoms with Crippen LogP contribution in [-0.2, 0) is 17.5 Å². The van der Waals surface area contributed by atoms with Crippen LogP contribution < -0.4 is 0 Å². The number of alkyl halides is 3. The zero-order valence-electron chi connectivity index (χ0n) is 13.9. The molecule has 0 aliphatic carbocycles. The molecule has 1 aromatic carbocycles. The summed E-state index contributed by atoms with van der Waals surface area (Å²) in [6.07, 6.45) is -0.825. The van der Waals surface area contributed by atoms with Crippen molar-refractivity contribution in [3.63, 3.8) is 0 Å². The van der Waals surface area contributed by atoms with Crippen molar-refractivity contribution in [2.75, 3.05) is 39.4 Å². The van der Waals surface area contributed by atoms with Crippen molar-refractivity contribution in [2.45, 2.75) is 38.0 Å². The number of likely N-dealkylation sites (tertiary alicyclic amines) is 1. The fraction of sp³-hybridized carbons (Fsp3) is 0.667. The van der Waals surface area contributed by atoms with E-state index in [1.807, 2.05) is 0 Å². The third-order valence-electron chi connectivity index (χ3n) is 4.96. The number of halogens is 3. The molecule has 1 aromatic rings. The molecular weight excluding hydrogens is 317 g/mol. The summed E-state index contributed by atoms with van der Waals surface area (Å²) in [7, 11) is 0. The van der Waals surface area contributed by atoms with Crippen LogP contribution in [0.4, 0.5) is 13.2 Å². The second-order valence-corrected chi connectivity index (χ2v) is 6.73. The largest absolute Gasteiger partial charge is 0.416 e. The lowest BCUT2D eigenvalue weighted by Gasteiger charge is -2.39. The molecule has 0 amide bonds. The Morgan fingerprint density at radius 1 is 1.08 bits per heavy atom. The van der Waals surface area contributed by atoms with Crippen LogP contribution in [0, 0.1) is 0 Å². The monoisotopic (exact) mass is 342 g/mol. The Labute approximate surface area is 141 Å². The molecule has 24 heavy (non-hydrogen) atoms. The van der Waals surface area contributed by atoms with Gasteiger partial charge in [-0.2, -0.15) is 13.2 Å². The molecule has 2 aliphatic heterocycles. The van der Waals surface area contributed by atoms with Crippen LogP contribution in [0.25, 0.3) is 0 Å². The van der Waals surface area contributed by atoms with E-state index in [9.17, 15) is 13.2 Å². The Morgan fingerprint density at radius 3 is 2.62 bits per heavy atom. The van der Waals surface area contributed by atoms with Crippen LogP contribution in [-0.4, -0.2) is 55.2 Å². The molecule has 2 saturated heterocycles. The predicted octanol–water partition coefficient (Wildman–Crippen LogP) is 3.39. The van der Waals surface area contributed by atoms with Crippen LogP contribution >= 0.6 is 0 Å². The highest BCUT2D eigenvalue weighted by molar-refractivity contribution is 5.25. The second kappa shape index (κ2) is 7.85. The van der Waals surface area contributed by atoms with Gasteiger partial charge in [-0.05, 0) is 31.0 Å². The molecule has 0 aromatic heterocycles. The molecular formula is C18H25F3N2O. The van der Waals surface area contributed by atoms with Crippen molar-refractivity contribution >= 4 is 0 Å². The van der Waals surface area contributed by atoms with Crippen LogP contribution in [0.15, 0.2) is 24.3 Å². The fourth-order valence-corrected chi connectivity index (χ4v) is 3.64. The van der Waals surface area contributed by atoms with Gasteiger partial charge >= 0.3 is 6.18 Å². The normalized spacial score (nSPS) is 24.2. The Hall–Kier alpha value is -1.11. The molecule has 0 spiro atoms. The molecule has 3 nitrogen and oxygen atoms in total. The van der Waals surface area contributed by atoms with Crippen molar-refractivity contribution in [2.24, 2.45) is 0 Å². The third-order valence-corrected chi connectivity index (χ3v) is 4.96. The summed E-state index contributed by atoms with van der Waals surface area (Å²) in [5, 5.41) is 0. The summed E-state index contributed by atoms with van der Waals surface area (Å²) in [6.45, 7) is 6.01. The van der Waals surface area contributed by atoms with Crippen LogP contribution in [0.5, 0.6) is 0 Å². The van der Waals surface area contributed by atoms with Gasteiger partial charge < -0.3 is 4.74 Å². The number of hydrogen-bond acceptors (Lipinski definition) is 3. The van der Waals surface area contributed by atoms with Gasteiger partial charge in [-0.25, -0.2) is 0 Å². The van der Waals surface area contributed by atoms with E-state index in [0.717, 1.165) is 63.9 Å². The van der Waals surface area contributed by atoms with Crippen molar-refractivity contribution < 1.29 is 17.9 Å². The smallest absolute Gasteiger partial charge is 0.379 e. The quantitative estimate of drug-likeness (QED) is 0.834. The van der Waals surface area contributed by atoms with Gasteiger partial charge in [0, 0.05) is 32.2 Å². The Kier molecular flexibility index (Phi) is 5.79. The molecule has 0 radical (unpaired) electrons. The standard InChI is InChI=1S/C18H25F3N2O/c19-18(20,21)16-5-3-4-15(12-16)13-23-7-2-1-6-17(23)14-22-8-10-24-11-9-22/h3-5,12,17H,1-2,6-11,13-14H2. The SMILES string of the molecule is FC(F)(F)c1cccc(CN2CCCCC2CN2CCOCC2)c1. The van der Waals surface area contributed by atoms with E-state index < -0.39 is 11.7 Å².